The molecule has 0 aromatic heterocycles. The van der Waals surface area contributed by atoms with Gasteiger partial charge in [0.15, 0.2) is 0 Å². The molecule has 1 nitrogen and oxygen atoms in total. The summed E-state index contributed by atoms with van der Waals surface area (Å²) in [4.78, 5) is 0. The molecule has 0 rings (SSSR count). The number of allylic oxidation sites excluding steroid dienone is 5. The third-order valence-corrected chi connectivity index (χ3v) is 1.31. The summed E-state index contributed by atoms with van der Waals surface area (Å²) < 4.78 is 0. The molecule has 0 unspecified atom stereocenters. The maximum absolute atomic E-state index is 7.88. The van der Waals surface area contributed by atoms with Crippen molar-refractivity contribution in [1.82, 2.24) is 0 Å². The highest BCUT2D eigenvalue weighted by Crippen LogP contribution is 1.97. The average molecular weight is 182 g/mol. The molecule has 0 aliphatic heterocycles. The van der Waals surface area contributed by atoms with Gasteiger partial charge < -0.3 is 5.11 Å². The lowest BCUT2D eigenvalue weighted by Gasteiger charge is -1.86. The summed E-state index contributed by atoms with van der Waals surface area (Å²) in [7, 11) is 0. The van der Waals surface area contributed by atoms with Crippen LogP contribution in [0.5, 0.6) is 0 Å². The fourth-order valence-electron chi connectivity index (χ4n) is 0.421. The van der Waals surface area contributed by atoms with Crippen LogP contribution in [-0.4, -0.2) is 11.7 Å². The molecule has 76 valence electrons. The van der Waals surface area contributed by atoms with Crippen LogP contribution >= 0.6 is 0 Å². The minimum Gasteiger partial charge on any atom is -0.396 e. The summed E-state index contributed by atoms with van der Waals surface area (Å²) in [6.45, 7) is 10.2. The lowest BCUT2D eigenvalue weighted by Crippen LogP contribution is -1.69. The Morgan fingerprint density at radius 1 is 1.31 bits per heavy atom. The van der Waals surface area contributed by atoms with Crippen LogP contribution in [0.2, 0.25) is 0 Å². The Labute approximate surface area is 82.5 Å². The molecular weight excluding hydrogens is 160 g/mol. The maximum atomic E-state index is 7.88. The monoisotopic (exact) mass is 182 g/mol. The summed E-state index contributed by atoms with van der Waals surface area (Å²) >= 11 is 0. The zero-order chi connectivity index (χ0) is 10.5. The minimum absolute atomic E-state index is 0.319. The van der Waals surface area contributed by atoms with Crippen molar-refractivity contribution in [1.29, 1.82) is 0 Å². The topological polar surface area (TPSA) is 20.2 Å². The predicted molar refractivity (Wildman–Crippen MR) is 60.8 cm³/mol. The van der Waals surface area contributed by atoms with Crippen LogP contribution in [0.3, 0.4) is 0 Å². The largest absolute Gasteiger partial charge is 0.396 e. The third-order valence-electron chi connectivity index (χ3n) is 1.31. The second kappa shape index (κ2) is 13.7. The Kier molecular flexibility index (Phi) is 15.5. The molecule has 13 heavy (non-hydrogen) atoms. The van der Waals surface area contributed by atoms with Crippen LogP contribution in [0.4, 0.5) is 0 Å². The maximum Gasteiger partial charge on any atom is 0.0428 e. The summed E-state index contributed by atoms with van der Waals surface area (Å²) in [6.07, 6.45) is 9.94. The fourth-order valence-corrected chi connectivity index (χ4v) is 0.421. The predicted octanol–water partition coefficient (Wildman–Crippen LogP) is 3.47. The molecule has 1 N–H and O–H groups in total. The first-order chi connectivity index (χ1) is 6.22. The number of hydrogen-bond acceptors (Lipinski definition) is 1. The van der Waals surface area contributed by atoms with Gasteiger partial charge in [0.2, 0.25) is 0 Å². The van der Waals surface area contributed by atoms with Crippen LogP contribution in [0, 0.1) is 0 Å². The summed E-state index contributed by atoms with van der Waals surface area (Å²) in [6, 6.07) is 0. The normalized spacial score (nSPS) is 10.2. The molecule has 0 aliphatic rings. The van der Waals surface area contributed by atoms with Crippen molar-refractivity contribution in [2.24, 2.45) is 0 Å². The van der Waals surface area contributed by atoms with Gasteiger partial charge >= 0.3 is 0 Å². The molecule has 1 heteroatoms. The molecule has 0 saturated heterocycles. The molecule has 0 atom stereocenters. The first-order valence-electron chi connectivity index (χ1n) is 4.80. The van der Waals surface area contributed by atoms with Crippen LogP contribution in [-0.2, 0) is 0 Å². The molecule has 0 radical (unpaired) electrons. The SMILES string of the molecule is C=C(/C=C\C=C/C)CC.CCCO. The first-order valence-corrected chi connectivity index (χ1v) is 4.80. The zero-order valence-electron chi connectivity index (χ0n) is 9.09. The highest BCUT2D eigenvalue weighted by molar-refractivity contribution is 5.18. The van der Waals surface area contributed by atoms with E-state index in [1.165, 1.54) is 5.57 Å². The third kappa shape index (κ3) is 18.3. The van der Waals surface area contributed by atoms with E-state index >= 15 is 0 Å². The lowest BCUT2D eigenvalue weighted by molar-refractivity contribution is 0.295. The Bertz CT molecular complexity index is 153. The van der Waals surface area contributed by atoms with E-state index in [1.807, 2.05) is 38.2 Å². The van der Waals surface area contributed by atoms with E-state index in [0.29, 0.717) is 6.61 Å². The van der Waals surface area contributed by atoms with Gasteiger partial charge in [0.05, 0.1) is 0 Å². The van der Waals surface area contributed by atoms with E-state index in [4.69, 9.17) is 5.11 Å². The Hall–Kier alpha value is -0.820. The number of aliphatic hydroxyl groups is 1. The highest BCUT2D eigenvalue weighted by atomic mass is 16.2. The van der Waals surface area contributed by atoms with Gasteiger partial charge in [-0.25, -0.2) is 0 Å². The van der Waals surface area contributed by atoms with E-state index < -0.39 is 0 Å². The van der Waals surface area contributed by atoms with Crippen molar-refractivity contribution in [3.05, 3.63) is 36.5 Å². The molecular formula is C12H22O. The van der Waals surface area contributed by atoms with Gasteiger partial charge in [0, 0.05) is 6.61 Å². The first kappa shape index (κ1) is 14.7. The smallest absolute Gasteiger partial charge is 0.0428 e. The van der Waals surface area contributed by atoms with Crippen LogP contribution in [0.1, 0.15) is 33.6 Å². The fraction of sp³-hybridized carbons (Fsp3) is 0.500. The van der Waals surface area contributed by atoms with Crippen molar-refractivity contribution in [2.45, 2.75) is 33.6 Å². The summed E-state index contributed by atoms with van der Waals surface area (Å²) in [5, 5.41) is 7.88. The van der Waals surface area contributed by atoms with Crippen molar-refractivity contribution in [2.75, 3.05) is 6.61 Å². The van der Waals surface area contributed by atoms with E-state index in [2.05, 4.69) is 13.5 Å². The second-order valence-electron chi connectivity index (χ2n) is 2.62. The van der Waals surface area contributed by atoms with Gasteiger partial charge in [-0.1, -0.05) is 50.3 Å². The lowest BCUT2D eigenvalue weighted by atomic mass is 10.2. The van der Waals surface area contributed by atoms with Crippen LogP contribution < -0.4 is 0 Å². The van der Waals surface area contributed by atoms with Gasteiger partial charge in [0.25, 0.3) is 0 Å². The van der Waals surface area contributed by atoms with Crippen molar-refractivity contribution in [3.63, 3.8) is 0 Å². The molecule has 0 amide bonds. The van der Waals surface area contributed by atoms with Crippen LogP contribution in [0.25, 0.3) is 0 Å². The molecule has 0 spiro atoms. The summed E-state index contributed by atoms with van der Waals surface area (Å²) in [5.74, 6) is 0. The number of aliphatic hydroxyl groups excluding tert-OH is 1. The minimum atomic E-state index is 0.319. The van der Waals surface area contributed by atoms with E-state index in [-0.39, 0.29) is 0 Å². The molecule has 0 fully saturated rings. The Morgan fingerprint density at radius 2 is 1.85 bits per heavy atom. The Balaban J connectivity index is 0. The molecule has 0 bridgehead atoms. The zero-order valence-corrected chi connectivity index (χ0v) is 9.09. The quantitative estimate of drug-likeness (QED) is 0.660. The molecule has 0 aromatic rings. The van der Waals surface area contributed by atoms with Crippen molar-refractivity contribution in [3.8, 4) is 0 Å². The van der Waals surface area contributed by atoms with Crippen molar-refractivity contribution < 1.29 is 5.11 Å². The summed E-state index contributed by atoms with van der Waals surface area (Å²) in [5.41, 5.74) is 1.17. The molecule has 0 heterocycles. The number of rotatable bonds is 4. The van der Waals surface area contributed by atoms with Crippen molar-refractivity contribution >= 4 is 0 Å². The van der Waals surface area contributed by atoms with E-state index in [1.54, 1.807) is 0 Å². The standard InChI is InChI=1S/C9H14.C3H8O/c1-4-6-7-8-9(3)5-2;1-2-3-4/h4,6-8H,3,5H2,1-2H3;4H,2-3H2,1H3/b6-4-,8-7-;. The molecule has 0 saturated carbocycles. The second-order valence-corrected chi connectivity index (χ2v) is 2.62. The van der Waals surface area contributed by atoms with Gasteiger partial charge in [-0.3, -0.25) is 0 Å². The average Bonchev–Trinajstić information content (AvgIpc) is 2.18. The van der Waals surface area contributed by atoms with E-state index in [9.17, 15) is 0 Å². The van der Waals surface area contributed by atoms with Crippen LogP contribution in [0.15, 0.2) is 36.5 Å². The van der Waals surface area contributed by atoms with E-state index in [0.717, 1.165) is 12.8 Å². The van der Waals surface area contributed by atoms with Gasteiger partial charge in [0.1, 0.15) is 0 Å². The van der Waals surface area contributed by atoms with Gasteiger partial charge in [-0.2, -0.15) is 0 Å². The highest BCUT2D eigenvalue weighted by Gasteiger charge is 1.76. The Morgan fingerprint density at radius 3 is 2.15 bits per heavy atom. The van der Waals surface area contributed by atoms with Gasteiger partial charge in [-0.05, 0) is 19.8 Å². The molecule has 0 aliphatic carbocycles. The van der Waals surface area contributed by atoms with Gasteiger partial charge in [-0.15, -0.1) is 0 Å². The molecule has 0 aromatic carbocycles. The number of hydrogen-bond donors (Lipinski definition) is 1.